The van der Waals surface area contributed by atoms with E-state index < -0.39 is 0 Å². The molecular weight excluding hydrogens is 318 g/mol. The Hall–Kier alpha value is -2.15. The normalized spacial score (nSPS) is 21.1. The van der Waals surface area contributed by atoms with Crippen LogP contribution in [0.25, 0.3) is 0 Å². The fraction of sp³-hybridized carbons (Fsp3) is 0.611. The second-order valence-corrected chi connectivity index (χ2v) is 6.86. The topological polar surface area (TPSA) is 77.6 Å². The van der Waals surface area contributed by atoms with Crippen molar-refractivity contribution in [1.29, 1.82) is 0 Å². The summed E-state index contributed by atoms with van der Waals surface area (Å²) < 4.78 is 0. The minimum Gasteiger partial charge on any atom is -0.353 e. The van der Waals surface area contributed by atoms with Crippen molar-refractivity contribution in [2.75, 3.05) is 42.9 Å². The number of nitrogens with zero attached hydrogens (tertiary/aromatic N) is 3. The van der Waals surface area contributed by atoms with Gasteiger partial charge in [0.2, 0.25) is 5.91 Å². The molecule has 2 aliphatic rings. The Morgan fingerprint density at radius 1 is 1.24 bits per heavy atom. The lowest BCUT2D eigenvalue weighted by Crippen LogP contribution is -2.46. The van der Waals surface area contributed by atoms with Crippen LogP contribution in [-0.2, 0) is 4.79 Å². The minimum atomic E-state index is -0.165. The molecule has 3 rings (SSSR count). The first-order valence-corrected chi connectivity index (χ1v) is 9.10. The summed E-state index contributed by atoms with van der Waals surface area (Å²) in [6, 6.07) is 2.01. The highest BCUT2D eigenvalue weighted by molar-refractivity contribution is 6.01. The van der Waals surface area contributed by atoms with Crippen LogP contribution in [0.15, 0.2) is 12.3 Å². The number of pyridine rings is 1. The summed E-state index contributed by atoms with van der Waals surface area (Å²) >= 11 is 0. The van der Waals surface area contributed by atoms with E-state index in [1.165, 1.54) is 13.3 Å². The molecule has 136 valence electrons. The Bertz CT molecular complexity index is 642. The molecule has 0 radical (unpaired) electrons. The largest absolute Gasteiger partial charge is 0.353 e. The number of rotatable bonds is 3. The zero-order valence-electron chi connectivity index (χ0n) is 15.0. The van der Waals surface area contributed by atoms with Crippen LogP contribution in [0.2, 0.25) is 0 Å². The second kappa shape index (κ2) is 7.82. The molecule has 1 atom stereocenters. The number of carbonyl (C=O) groups is 2. The van der Waals surface area contributed by atoms with E-state index in [-0.39, 0.29) is 17.9 Å². The monoisotopic (exact) mass is 345 g/mol. The third-order valence-corrected chi connectivity index (χ3v) is 4.90. The molecule has 1 aromatic rings. The standard InChI is InChI=1S/C18H27N5O2/c1-13-5-3-4-8-23(13)18(25)16-11-15(21-14(2)24)12-20-17(16)22-9-6-19-7-10-22/h11-13,19H,3-10H2,1-2H3,(H,21,24). The van der Waals surface area contributed by atoms with Gasteiger partial charge in [0.25, 0.3) is 5.91 Å². The summed E-state index contributed by atoms with van der Waals surface area (Å²) in [6.45, 7) is 7.74. The van der Waals surface area contributed by atoms with Crippen LogP contribution < -0.4 is 15.5 Å². The number of amides is 2. The predicted octanol–water partition coefficient (Wildman–Crippen LogP) is 1.46. The van der Waals surface area contributed by atoms with Crippen LogP contribution in [0.1, 0.15) is 43.5 Å². The lowest BCUT2D eigenvalue weighted by Gasteiger charge is -2.35. The summed E-state index contributed by atoms with van der Waals surface area (Å²) in [5.74, 6) is 0.570. The molecule has 0 saturated carbocycles. The molecule has 25 heavy (non-hydrogen) atoms. The van der Waals surface area contributed by atoms with Crippen molar-refractivity contribution in [2.24, 2.45) is 0 Å². The van der Waals surface area contributed by atoms with E-state index in [0.717, 1.165) is 51.4 Å². The van der Waals surface area contributed by atoms with Gasteiger partial charge < -0.3 is 20.4 Å². The van der Waals surface area contributed by atoms with E-state index in [1.807, 2.05) is 4.90 Å². The SMILES string of the molecule is CC(=O)Nc1cnc(N2CCNCC2)c(C(=O)N2CCCCC2C)c1. The van der Waals surface area contributed by atoms with E-state index >= 15 is 0 Å². The third-order valence-electron chi connectivity index (χ3n) is 4.90. The maximum atomic E-state index is 13.2. The first kappa shape index (κ1) is 17.7. The molecule has 0 aromatic carbocycles. The Morgan fingerprint density at radius 2 is 2.00 bits per heavy atom. The molecule has 2 fully saturated rings. The molecule has 1 aromatic heterocycles. The Labute approximate surface area is 148 Å². The van der Waals surface area contributed by atoms with Crippen molar-refractivity contribution in [1.82, 2.24) is 15.2 Å². The summed E-state index contributed by atoms with van der Waals surface area (Å²) in [6.07, 6.45) is 4.88. The molecule has 2 amide bonds. The van der Waals surface area contributed by atoms with Crippen molar-refractivity contribution in [2.45, 2.75) is 39.2 Å². The fourth-order valence-electron chi connectivity index (χ4n) is 3.57. The first-order chi connectivity index (χ1) is 12.1. The number of piperazine rings is 1. The number of nitrogens with one attached hydrogen (secondary N) is 2. The predicted molar refractivity (Wildman–Crippen MR) is 98.0 cm³/mol. The number of hydrogen-bond donors (Lipinski definition) is 2. The lowest BCUT2D eigenvalue weighted by molar-refractivity contribution is -0.114. The molecule has 0 spiro atoms. The molecular formula is C18H27N5O2. The number of aromatic nitrogens is 1. The van der Waals surface area contributed by atoms with Gasteiger partial charge in [0.15, 0.2) is 0 Å². The van der Waals surface area contributed by atoms with Crippen LogP contribution in [0, 0.1) is 0 Å². The van der Waals surface area contributed by atoms with Crippen molar-refractivity contribution < 1.29 is 9.59 Å². The number of carbonyl (C=O) groups excluding carboxylic acids is 2. The average molecular weight is 345 g/mol. The quantitative estimate of drug-likeness (QED) is 0.867. The number of hydrogen-bond acceptors (Lipinski definition) is 5. The zero-order valence-corrected chi connectivity index (χ0v) is 15.0. The van der Waals surface area contributed by atoms with Crippen LogP contribution in [0.5, 0.6) is 0 Å². The van der Waals surface area contributed by atoms with Crippen molar-refractivity contribution in [3.8, 4) is 0 Å². The van der Waals surface area contributed by atoms with Gasteiger partial charge in [0.1, 0.15) is 5.82 Å². The lowest BCUT2D eigenvalue weighted by atomic mass is 10.0. The van der Waals surface area contributed by atoms with Crippen LogP contribution >= 0.6 is 0 Å². The molecule has 2 N–H and O–H groups in total. The molecule has 3 heterocycles. The smallest absolute Gasteiger partial charge is 0.257 e. The van der Waals surface area contributed by atoms with Crippen molar-refractivity contribution in [3.05, 3.63) is 17.8 Å². The minimum absolute atomic E-state index is 0.0143. The highest BCUT2D eigenvalue weighted by Gasteiger charge is 2.28. The van der Waals surface area contributed by atoms with Crippen molar-refractivity contribution >= 4 is 23.3 Å². The highest BCUT2D eigenvalue weighted by atomic mass is 16.2. The average Bonchev–Trinajstić information content (AvgIpc) is 2.62. The molecule has 7 heteroatoms. The molecule has 0 aliphatic carbocycles. The van der Waals surface area contributed by atoms with Gasteiger partial charge >= 0.3 is 0 Å². The summed E-state index contributed by atoms with van der Waals surface area (Å²) in [5, 5.41) is 6.06. The van der Waals surface area contributed by atoms with Gasteiger partial charge in [-0.3, -0.25) is 9.59 Å². The Balaban J connectivity index is 1.94. The maximum absolute atomic E-state index is 13.2. The summed E-state index contributed by atoms with van der Waals surface area (Å²) in [4.78, 5) is 33.3. The van der Waals surface area contributed by atoms with E-state index in [9.17, 15) is 9.59 Å². The fourth-order valence-corrected chi connectivity index (χ4v) is 3.57. The van der Waals surface area contributed by atoms with Gasteiger partial charge in [-0.2, -0.15) is 0 Å². The van der Waals surface area contributed by atoms with Crippen LogP contribution in [0.3, 0.4) is 0 Å². The van der Waals surface area contributed by atoms with E-state index in [0.29, 0.717) is 11.3 Å². The molecule has 2 aliphatic heterocycles. The first-order valence-electron chi connectivity index (χ1n) is 9.10. The number of likely N-dealkylation sites (tertiary alicyclic amines) is 1. The summed E-state index contributed by atoms with van der Waals surface area (Å²) in [7, 11) is 0. The maximum Gasteiger partial charge on any atom is 0.257 e. The van der Waals surface area contributed by atoms with E-state index in [4.69, 9.17) is 0 Å². The van der Waals surface area contributed by atoms with Gasteiger partial charge in [0.05, 0.1) is 17.4 Å². The van der Waals surface area contributed by atoms with Crippen LogP contribution in [-0.4, -0.2) is 60.5 Å². The van der Waals surface area contributed by atoms with E-state index in [2.05, 4.69) is 27.4 Å². The zero-order chi connectivity index (χ0) is 17.8. The highest BCUT2D eigenvalue weighted by Crippen LogP contribution is 2.26. The van der Waals surface area contributed by atoms with Gasteiger partial charge in [-0.05, 0) is 32.3 Å². The molecule has 1 unspecified atom stereocenters. The third kappa shape index (κ3) is 4.10. The van der Waals surface area contributed by atoms with Crippen LogP contribution in [0.4, 0.5) is 11.5 Å². The van der Waals surface area contributed by atoms with Gasteiger partial charge in [-0.1, -0.05) is 0 Å². The summed E-state index contributed by atoms with van der Waals surface area (Å²) in [5.41, 5.74) is 1.15. The van der Waals surface area contributed by atoms with E-state index in [1.54, 1.807) is 12.3 Å². The van der Waals surface area contributed by atoms with Gasteiger partial charge in [0, 0.05) is 45.7 Å². The second-order valence-electron chi connectivity index (χ2n) is 6.86. The molecule has 7 nitrogen and oxygen atoms in total. The van der Waals surface area contributed by atoms with Crippen molar-refractivity contribution in [3.63, 3.8) is 0 Å². The Morgan fingerprint density at radius 3 is 2.68 bits per heavy atom. The van der Waals surface area contributed by atoms with Gasteiger partial charge in [-0.15, -0.1) is 0 Å². The van der Waals surface area contributed by atoms with Gasteiger partial charge in [-0.25, -0.2) is 4.98 Å². The molecule has 2 saturated heterocycles. The number of anilines is 2. The Kier molecular flexibility index (Phi) is 5.53. The number of piperidine rings is 1. The molecule has 0 bridgehead atoms.